The molecule has 0 aliphatic carbocycles. The van der Waals surface area contributed by atoms with E-state index in [1.807, 2.05) is 12.5 Å². The number of pyridine rings is 1. The molecule has 3 heteroatoms. The van der Waals surface area contributed by atoms with Gasteiger partial charge in [0.25, 0.3) is 0 Å². The second-order valence-corrected chi connectivity index (χ2v) is 2.53. The number of ether oxygens (including phenoxy) is 1. The summed E-state index contributed by atoms with van der Waals surface area (Å²) in [6.45, 7) is 0.585. The Morgan fingerprint density at radius 1 is 1.64 bits per heavy atom. The molecule has 0 N–H and O–H groups in total. The van der Waals surface area contributed by atoms with Gasteiger partial charge in [0, 0.05) is 25.9 Å². The summed E-state index contributed by atoms with van der Waals surface area (Å²) < 4.78 is 4.86. The number of hydrogen-bond acceptors (Lipinski definition) is 2. The van der Waals surface area contributed by atoms with E-state index in [9.17, 15) is 0 Å². The largest absolute Gasteiger partial charge is 0.384 e. The maximum absolute atomic E-state index is 5.70. The minimum Gasteiger partial charge on any atom is -0.384 e. The summed E-state index contributed by atoms with van der Waals surface area (Å²) in [6.07, 6.45) is 5.26. The molecule has 1 radical (unpaired) electrons. The van der Waals surface area contributed by atoms with E-state index < -0.39 is 0 Å². The molecular weight excluding hydrogens is 162 g/mol. The van der Waals surface area contributed by atoms with Crippen molar-refractivity contribution in [3.05, 3.63) is 35.5 Å². The van der Waals surface area contributed by atoms with Crippen LogP contribution in [0.5, 0.6) is 0 Å². The molecule has 0 bridgehead atoms. The molecule has 0 spiro atoms. The minimum absolute atomic E-state index is 0.585. The van der Waals surface area contributed by atoms with E-state index in [4.69, 9.17) is 16.3 Å². The second kappa shape index (κ2) is 4.31. The molecule has 0 unspecified atom stereocenters. The molecule has 11 heavy (non-hydrogen) atoms. The van der Waals surface area contributed by atoms with Crippen molar-refractivity contribution in [2.45, 2.75) is 0 Å². The van der Waals surface area contributed by atoms with Crippen LogP contribution in [-0.4, -0.2) is 18.7 Å². The van der Waals surface area contributed by atoms with Crippen molar-refractivity contribution < 1.29 is 4.74 Å². The third kappa shape index (κ3) is 2.87. The van der Waals surface area contributed by atoms with Crippen molar-refractivity contribution >= 4 is 11.6 Å². The Morgan fingerprint density at radius 3 is 3.09 bits per heavy atom. The number of methoxy groups -OCH3 is 1. The molecule has 0 amide bonds. The SMILES string of the molecule is COC[CH]c1cncc(Cl)c1. The molecule has 1 aromatic heterocycles. The smallest absolute Gasteiger partial charge is 0.0592 e. The van der Waals surface area contributed by atoms with E-state index in [-0.39, 0.29) is 0 Å². The third-order valence-electron chi connectivity index (χ3n) is 1.21. The first-order valence-electron chi connectivity index (χ1n) is 3.25. The van der Waals surface area contributed by atoms with Gasteiger partial charge in [-0.3, -0.25) is 4.98 Å². The van der Waals surface area contributed by atoms with E-state index in [1.54, 1.807) is 19.5 Å². The van der Waals surface area contributed by atoms with Crippen molar-refractivity contribution in [3.63, 3.8) is 0 Å². The highest BCUT2D eigenvalue weighted by Gasteiger charge is 1.93. The fourth-order valence-corrected chi connectivity index (χ4v) is 0.902. The Kier molecular flexibility index (Phi) is 3.33. The summed E-state index contributed by atoms with van der Waals surface area (Å²) in [6, 6.07) is 1.84. The first-order chi connectivity index (χ1) is 5.33. The number of hydrogen-bond donors (Lipinski definition) is 0. The lowest BCUT2D eigenvalue weighted by Gasteiger charge is -1.98. The first-order valence-corrected chi connectivity index (χ1v) is 3.63. The quantitative estimate of drug-likeness (QED) is 0.692. The molecule has 0 aliphatic heterocycles. The van der Waals surface area contributed by atoms with Gasteiger partial charge in [0.2, 0.25) is 0 Å². The molecule has 0 atom stereocenters. The maximum atomic E-state index is 5.70. The summed E-state index contributed by atoms with van der Waals surface area (Å²) in [7, 11) is 1.65. The fourth-order valence-electron chi connectivity index (χ4n) is 0.719. The Balaban J connectivity index is 2.56. The van der Waals surface area contributed by atoms with E-state index in [1.165, 1.54) is 0 Å². The molecule has 0 saturated heterocycles. The van der Waals surface area contributed by atoms with E-state index in [0.29, 0.717) is 11.6 Å². The zero-order chi connectivity index (χ0) is 8.10. The second-order valence-electron chi connectivity index (χ2n) is 2.10. The van der Waals surface area contributed by atoms with Gasteiger partial charge < -0.3 is 4.74 Å². The summed E-state index contributed by atoms with van der Waals surface area (Å²) in [4.78, 5) is 3.92. The van der Waals surface area contributed by atoms with Crippen LogP contribution in [0.1, 0.15) is 5.56 Å². The molecule has 0 aromatic carbocycles. The van der Waals surface area contributed by atoms with Crippen molar-refractivity contribution in [2.24, 2.45) is 0 Å². The standard InChI is InChI=1S/C8H9ClNO/c1-11-3-2-7-4-8(9)6-10-5-7/h2,4-6H,3H2,1H3. The molecule has 1 rings (SSSR count). The van der Waals surface area contributed by atoms with E-state index in [2.05, 4.69) is 4.98 Å². The zero-order valence-electron chi connectivity index (χ0n) is 6.25. The van der Waals surface area contributed by atoms with Gasteiger partial charge >= 0.3 is 0 Å². The van der Waals surface area contributed by atoms with Gasteiger partial charge in [0.15, 0.2) is 0 Å². The summed E-state index contributed by atoms with van der Waals surface area (Å²) in [5.74, 6) is 0. The average molecular weight is 171 g/mol. The van der Waals surface area contributed by atoms with Crippen LogP contribution in [0.25, 0.3) is 0 Å². The molecule has 0 aliphatic rings. The predicted molar refractivity (Wildman–Crippen MR) is 44.5 cm³/mol. The summed E-state index contributed by atoms with van der Waals surface area (Å²) >= 11 is 5.70. The van der Waals surface area contributed by atoms with Crippen molar-refractivity contribution in [3.8, 4) is 0 Å². The fraction of sp³-hybridized carbons (Fsp3) is 0.250. The van der Waals surface area contributed by atoms with Crippen molar-refractivity contribution in [2.75, 3.05) is 13.7 Å². The van der Waals surface area contributed by atoms with Gasteiger partial charge in [0.05, 0.1) is 11.6 Å². The third-order valence-corrected chi connectivity index (χ3v) is 1.42. The van der Waals surface area contributed by atoms with E-state index >= 15 is 0 Å². The molecule has 2 nitrogen and oxygen atoms in total. The highest BCUT2D eigenvalue weighted by molar-refractivity contribution is 6.30. The van der Waals surface area contributed by atoms with Crippen LogP contribution in [0.4, 0.5) is 0 Å². The van der Waals surface area contributed by atoms with Gasteiger partial charge in [0.1, 0.15) is 0 Å². The van der Waals surface area contributed by atoms with Gasteiger partial charge in [-0.05, 0) is 11.6 Å². The lowest BCUT2D eigenvalue weighted by molar-refractivity contribution is 0.225. The molecule has 1 heterocycles. The molecule has 0 fully saturated rings. The Morgan fingerprint density at radius 2 is 2.45 bits per heavy atom. The van der Waals surface area contributed by atoms with Crippen LogP contribution in [0, 0.1) is 6.42 Å². The highest BCUT2D eigenvalue weighted by Crippen LogP contribution is 2.09. The number of aromatic nitrogens is 1. The van der Waals surface area contributed by atoms with Crippen molar-refractivity contribution in [1.29, 1.82) is 0 Å². The van der Waals surface area contributed by atoms with Crippen LogP contribution in [0.15, 0.2) is 18.5 Å². The van der Waals surface area contributed by atoms with Crippen LogP contribution in [0.2, 0.25) is 5.02 Å². The van der Waals surface area contributed by atoms with Crippen LogP contribution in [-0.2, 0) is 4.74 Å². The summed E-state index contributed by atoms with van der Waals surface area (Å²) in [5, 5.41) is 0.648. The van der Waals surface area contributed by atoms with Crippen LogP contribution in [0.3, 0.4) is 0 Å². The zero-order valence-corrected chi connectivity index (χ0v) is 7.01. The average Bonchev–Trinajstić information content (AvgIpc) is 2.01. The molecular formula is C8H9ClNO. The van der Waals surface area contributed by atoms with E-state index in [0.717, 1.165) is 5.56 Å². The monoisotopic (exact) mass is 170 g/mol. The predicted octanol–water partition coefficient (Wildman–Crippen LogP) is 1.93. The molecule has 59 valence electrons. The van der Waals surface area contributed by atoms with Crippen LogP contribution < -0.4 is 0 Å². The highest BCUT2D eigenvalue weighted by atomic mass is 35.5. The Labute approximate surface area is 71.2 Å². The summed E-state index contributed by atoms with van der Waals surface area (Å²) in [5.41, 5.74) is 0.986. The number of nitrogens with zero attached hydrogens (tertiary/aromatic N) is 1. The molecule has 1 aromatic rings. The Bertz CT molecular complexity index is 227. The van der Waals surface area contributed by atoms with Gasteiger partial charge in [-0.1, -0.05) is 11.6 Å². The maximum Gasteiger partial charge on any atom is 0.0592 e. The minimum atomic E-state index is 0.585. The topological polar surface area (TPSA) is 22.1 Å². The lowest BCUT2D eigenvalue weighted by Crippen LogP contribution is -1.91. The Hall–Kier alpha value is -0.600. The van der Waals surface area contributed by atoms with Crippen LogP contribution >= 0.6 is 11.6 Å². The first kappa shape index (κ1) is 8.50. The van der Waals surface area contributed by atoms with Gasteiger partial charge in [-0.15, -0.1) is 0 Å². The molecule has 0 saturated carbocycles. The number of rotatable bonds is 3. The van der Waals surface area contributed by atoms with Crippen molar-refractivity contribution in [1.82, 2.24) is 4.98 Å². The number of halogens is 1. The van der Waals surface area contributed by atoms with Gasteiger partial charge in [-0.25, -0.2) is 0 Å². The lowest BCUT2D eigenvalue weighted by atomic mass is 10.2. The normalized spacial score (nSPS) is 10.0. The van der Waals surface area contributed by atoms with Gasteiger partial charge in [-0.2, -0.15) is 0 Å².